The highest BCUT2D eigenvalue weighted by Crippen LogP contribution is 2.36. The minimum Gasteiger partial charge on any atom is -0.269 e. The molecule has 0 aliphatic carbocycles. The molecule has 0 aliphatic rings. The number of aryl methyl sites for hydroxylation is 2. The third-order valence-corrected chi connectivity index (χ3v) is 4.83. The molecule has 0 bridgehead atoms. The molecule has 0 N–H and O–H groups in total. The summed E-state index contributed by atoms with van der Waals surface area (Å²) in [6, 6.07) is 9.00. The summed E-state index contributed by atoms with van der Waals surface area (Å²) < 4.78 is 41.0. The first-order valence-corrected chi connectivity index (χ1v) is 8.79. The van der Waals surface area contributed by atoms with Crippen LogP contribution in [0, 0.1) is 25.2 Å². The van der Waals surface area contributed by atoms with Crippen LogP contribution in [-0.4, -0.2) is 14.4 Å². The first-order chi connectivity index (χ1) is 12.7. The summed E-state index contributed by atoms with van der Waals surface area (Å²) in [6.07, 6.45) is -4.65. The van der Waals surface area contributed by atoms with Gasteiger partial charge in [-0.05, 0) is 32.0 Å². The predicted molar refractivity (Wildman–Crippen MR) is 94.5 cm³/mol. The largest absolute Gasteiger partial charge is 0.417 e. The summed E-state index contributed by atoms with van der Waals surface area (Å²) in [5.41, 5.74) is -0.0729. The molecule has 0 amide bonds. The number of nitrogens with zero attached hydrogens (tertiary/aromatic N) is 4. The molecule has 0 atom stereocenters. The molecule has 0 aromatic carbocycles. The Bertz CT molecular complexity index is 1130. The van der Waals surface area contributed by atoms with E-state index in [9.17, 15) is 23.2 Å². The van der Waals surface area contributed by atoms with Gasteiger partial charge in [0.25, 0.3) is 5.56 Å². The van der Waals surface area contributed by atoms with E-state index in [1.807, 2.05) is 0 Å². The van der Waals surface area contributed by atoms with E-state index in [2.05, 4.69) is 9.97 Å². The highest BCUT2D eigenvalue weighted by Gasteiger charge is 2.35. The van der Waals surface area contributed by atoms with Gasteiger partial charge in [-0.1, -0.05) is 17.8 Å². The van der Waals surface area contributed by atoms with Gasteiger partial charge in [0.2, 0.25) is 0 Å². The third-order valence-electron chi connectivity index (χ3n) is 3.82. The zero-order valence-electron chi connectivity index (χ0n) is 14.3. The Morgan fingerprint density at radius 1 is 1.22 bits per heavy atom. The van der Waals surface area contributed by atoms with Crippen molar-refractivity contribution in [2.24, 2.45) is 0 Å². The maximum absolute atomic E-state index is 13.2. The maximum atomic E-state index is 13.2. The molecule has 27 heavy (non-hydrogen) atoms. The molecule has 9 heteroatoms. The smallest absolute Gasteiger partial charge is 0.269 e. The monoisotopic (exact) mass is 390 g/mol. The number of fused-ring (bicyclic) bond motifs is 1. The average Bonchev–Trinajstić information content (AvgIpc) is 2.58. The van der Waals surface area contributed by atoms with Crippen molar-refractivity contribution in [1.82, 2.24) is 14.4 Å². The van der Waals surface area contributed by atoms with Gasteiger partial charge in [0.15, 0.2) is 0 Å². The summed E-state index contributed by atoms with van der Waals surface area (Å²) in [5.74, 6) is 0.113. The first kappa shape index (κ1) is 18.9. The molecule has 3 aromatic rings. The maximum Gasteiger partial charge on any atom is 0.417 e. The number of thioether (sulfide) groups is 1. The quantitative estimate of drug-likeness (QED) is 0.635. The first-order valence-electron chi connectivity index (χ1n) is 7.80. The lowest BCUT2D eigenvalue weighted by molar-refractivity contribution is -0.138. The molecule has 138 valence electrons. The van der Waals surface area contributed by atoms with Gasteiger partial charge in [-0.25, -0.2) is 9.97 Å². The molecule has 0 saturated carbocycles. The van der Waals surface area contributed by atoms with Gasteiger partial charge in [0, 0.05) is 23.2 Å². The van der Waals surface area contributed by atoms with Gasteiger partial charge >= 0.3 is 6.18 Å². The zero-order chi connectivity index (χ0) is 19.8. The van der Waals surface area contributed by atoms with Crippen LogP contribution in [0.2, 0.25) is 0 Å². The Morgan fingerprint density at radius 2 is 1.96 bits per heavy atom. The summed E-state index contributed by atoms with van der Waals surface area (Å²) >= 11 is 0.946. The van der Waals surface area contributed by atoms with Gasteiger partial charge in [0.1, 0.15) is 16.7 Å². The third kappa shape index (κ3) is 3.80. The SMILES string of the molecule is Cc1cc(C(F)(F)F)c(C#N)c(SCc2cc(=O)n3c(C)cccc3n2)n1. The second kappa shape index (κ2) is 7.04. The van der Waals surface area contributed by atoms with Crippen LogP contribution in [0.25, 0.3) is 5.65 Å². The van der Waals surface area contributed by atoms with E-state index in [1.165, 1.54) is 17.4 Å². The molecule has 0 fully saturated rings. The normalized spacial score (nSPS) is 11.6. The standard InChI is InChI=1S/C18H13F3N4OS/c1-10-6-14(18(19,20)21)13(8-22)17(23-10)27-9-12-7-16(26)25-11(2)4-3-5-15(25)24-12/h3-7H,9H2,1-2H3. The van der Waals surface area contributed by atoms with E-state index >= 15 is 0 Å². The highest BCUT2D eigenvalue weighted by molar-refractivity contribution is 7.98. The van der Waals surface area contributed by atoms with Gasteiger partial charge in [-0.3, -0.25) is 9.20 Å². The summed E-state index contributed by atoms with van der Waals surface area (Å²) in [5, 5.41) is 9.16. The fourth-order valence-corrected chi connectivity index (χ4v) is 3.60. The molecule has 0 spiro atoms. The van der Waals surface area contributed by atoms with Crippen LogP contribution in [0.1, 0.15) is 28.2 Å². The molecule has 0 saturated heterocycles. The van der Waals surface area contributed by atoms with Crippen molar-refractivity contribution in [3.05, 3.63) is 68.9 Å². The van der Waals surface area contributed by atoms with E-state index in [0.29, 0.717) is 11.3 Å². The van der Waals surface area contributed by atoms with Crippen LogP contribution < -0.4 is 5.56 Å². The second-order valence-electron chi connectivity index (χ2n) is 5.84. The molecule has 0 unspecified atom stereocenters. The molecular weight excluding hydrogens is 377 g/mol. The van der Waals surface area contributed by atoms with Crippen LogP contribution in [0.3, 0.4) is 0 Å². The van der Waals surface area contributed by atoms with Crippen molar-refractivity contribution >= 4 is 17.4 Å². The molecule has 3 heterocycles. The van der Waals surface area contributed by atoms with E-state index < -0.39 is 17.3 Å². The lowest BCUT2D eigenvalue weighted by atomic mass is 10.1. The van der Waals surface area contributed by atoms with Crippen molar-refractivity contribution in [3.63, 3.8) is 0 Å². The Kier molecular flexibility index (Phi) is 4.93. The van der Waals surface area contributed by atoms with Gasteiger partial charge in [-0.15, -0.1) is 0 Å². The lowest BCUT2D eigenvalue weighted by Crippen LogP contribution is -2.17. The van der Waals surface area contributed by atoms with Crippen LogP contribution in [0.5, 0.6) is 0 Å². The van der Waals surface area contributed by atoms with Crippen LogP contribution in [-0.2, 0) is 11.9 Å². The summed E-state index contributed by atoms with van der Waals surface area (Å²) in [4.78, 5) is 20.7. The number of hydrogen-bond acceptors (Lipinski definition) is 5. The number of nitriles is 1. The molecule has 0 aliphatic heterocycles. The van der Waals surface area contributed by atoms with Crippen LogP contribution in [0.4, 0.5) is 13.2 Å². The van der Waals surface area contributed by atoms with Crippen molar-refractivity contribution < 1.29 is 13.2 Å². The highest BCUT2D eigenvalue weighted by atomic mass is 32.2. The second-order valence-corrected chi connectivity index (χ2v) is 6.80. The number of halogens is 3. The molecule has 3 rings (SSSR count). The zero-order valence-corrected chi connectivity index (χ0v) is 15.1. The summed E-state index contributed by atoms with van der Waals surface area (Å²) in [6.45, 7) is 3.21. The van der Waals surface area contributed by atoms with Gasteiger partial charge in [-0.2, -0.15) is 18.4 Å². The Morgan fingerprint density at radius 3 is 2.63 bits per heavy atom. The number of pyridine rings is 2. The molecule has 0 radical (unpaired) electrons. The van der Waals surface area contributed by atoms with Crippen molar-refractivity contribution in [2.75, 3.05) is 0 Å². The fraction of sp³-hybridized carbons (Fsp3) is 0.222. The molecular formula is C18H13F3N4OS. The Labute approximate surface area is 156 Å². The topological polar surface area (TPSA) is 71.0 Å². The predicted octanol–water partition coefficient (Wildman–Crippen LogP) is 3.89. The minimum atomic E-state index is -4.65. The van der Waals surface area contributed by atoms with E-state index in [0.717, 1.165) is 23.5 Å². The van der Waals surface area contributed by atoms with Crippen LogP contribution >= 0.6 is 11.8 Å². The number of alkyl halides is 3. The molecule has 3 aromatic heterocycles. The van der Waals surface area contributed by atoms with E-state index in [1.54, 1.807) is 31.2 Å². The minimum absolute atomic E-state index is 0.0314. The number of hydrogen-bond donors (Lipinski definition) is 0. The summed E-state index contributed by atoms with van der Waals surface area (Å²) in [7, 11) is 0. The lowest BCUT2D eigenvalue weighted by Gasteiger charge is -2.12. The van der Waals surface area contributed by atoms with Crippen molar-refractivity contribution in [2.45, 2.75) is 30.8 Å². The number of aromatic nitrogens is 3. The van der Waals surface area contributed by atoms with Gasteiger partial charge < -0.3 is 0 Å². The van der Waals surface area contributed by atoms with Gasteiger partial charge in [0.05, 0.1) is 16.8 Å². The van der Waals surface area contributed by atoms with Crippen LogP contribution in [0.15, 0.2) is 40.2 Å². The number of rotatable bonds is 3. The Hall–Kier alpha value is -2.86. The fourth-order valence-electron chi connectivity index (χ4n) is 2.66. The van der Waals surface area contributed by atoms with E-state index in [4.69, 9.17) is 0 Å². The average molecular weight is 390 g/mol. The molecule has 5 nitrogen and oxygen atoms in total. The van der Waals surface area contributed by atoms with E-state index in [-0.39, 0.29) is 22.0 Å². The van der Waals surface area contributed by atoms with Crippen molar-refractivity contribution in [1.29, 1.82) is 5.26 Å². The Balaban J connectivity index is 1.98. The van der Waals surface area contributed by atoms with Crippen molar-refractivity contribution in [3.8, 4) is 6.07 Å².